The maximum atomic E-state index is 11.5. The van der Waals surface area contributed by atoms with Crippen LogP contribution in [0.4, 0.5) is 0 Å². The van der Waals surface area contributed by atoms with Gasteiger partial charge in [0.25, 0.3) is 0 Å². The molecule has 0 bridgehead atoms. The van der Waals surface area contributed by atoms with Crippen LogP contribution in [0.1, 0.15) is 38.5 Å². The van der Waals surface area contributed by atoms with Crippen molar-refractivity contribution in [2.45, 2.75) is 50.6 Å². The van der Waals surface area contributed by atoms with Gasteiger partial charge in [0.1, 0.15) is 0 Å². The Kier molecular flexibility index (Phi) is 5.01. The number of esters is 1. The molecular formula is C14H25NO3. The molecule has 2 rings (SSSR count). The Morgan fingerprint density at radius 1 is 1.06 bits per heavy atom. The Hall–Kier alpha value is -0.610. The molecule has 18 heavy (non-hydrogen) atoms. The third-order valence-electron chi connectivity index (χ3n) is 4.57. The van der Waals surface area contributed by atoms with Gasteiger partial charge in [-0.25, -0.2) is 0 Å². The summed E-state index contributed by atoms with van der Waals surface area (Å²) >= 11 is 0. The first-order chi connectivity index (χ1) is 8.72. The van der Waals surface area contributed by atoms with Crippen molar-refractivity contribution in [1.82, 2.24) is 4.90 Å². The molecule has 1 heterocycles. The second-order valence-corrected chi connectivity index (χ2v) is 5.54. The summed E-state index contributed by atoms with van der Waals surface area (Å²) < 4.78 is 10.2. The van der Waals surface area contributed by atoms with Crippen LogP contribution in [-0.4, -0.2) is 50.3 Å². The summed E-state index contributed by atoms with van der Waals surface area (Å²) in [4.78, 5) is 14.0. The van der Waals surface area contributed by atoms with Crippen molar-refractivity contribution in [3.05, 3.63) is 0 Å². The van der Waals surface area contributed by atoms with E-state index >= 15 is 0 Å². The Bertz CT molecular complexity index is 268. The predicted octanol–water partition coefficient (Wildman–Crippen LogP) is 1.83. The lowest BCUT2D eigenvalue weighted by Gasteiger charge is -2.40. The minimum absolute atomic E-state index is 0.0258. The first kappa shape index (κ1) is 13.8. The maximum Gasteiger partial charge on any atom is 0.308 e. The molecule has 0 aromatic heterocycles. The van der Waals surface area contributed by atoms with Gasteiger partial charge in [-0.1, -0.05) is 0 Å². The summed E-state index contributed by atoms with van der Waals surface area (Å²) in [6.07, 6.45) is 6.48. The zero-order chi connectivity index (χ0) is 13.0. The van der Waals surface area contributed by atoms with E-state index in [-0.39, 0.29) is 11.9 Å². The number of rotatable bonds is 3. The van der Waals surface area contributed by atoms with Crippen LogP contribution in [0.2, 0.25) is 0 Å². The molecule has 0 unspecified atom stereocenters. The van der Waals surface area contributed by atoms with E-state index < -0.39 is 0 Å². The van der Waals surface area contributed by atoms with Crippen LogP contribution >= 0.6 is 0 Å². The third-order valence-corrected chi connectivity index (χ3v) is 4.57. The van der Waals surface area contributed by atoms with Gasteiger partial charge in [-0.2, -0.15) is 0 Å². The fraction of sp³-hybridized carbons (Fsp3) is 0.929. The molecule has 0 radical (unpaired) electrons. The fourth-order valence-electron chi connectivity index (χ4n) is 3.28. The smallest absolute Gasteiger partial charge is 0.308 e. The summed E-state index contributed by atoms with van der Waals surface area (Å²) in [5.41, 5.74) is 0. The van der Waals surface area contributed by atoms with Gasteiger partial charge < -0.3 is 14.4 Å². The summed E-state index contributed by atoms with van der Waals surface area (Å²) in [5.74, 6) is 0.108. The first-order valence-electron chi connectivity index (χ1n) is 7.10. The molecule has 0 N–H and O–H groups in total. The molecule has 1 aliphatic heterocycles. The minimum Gasteiger partial charge on any atom is -0.469 e. The quantitative estimate of drug-likeness (QED) is 0.721. The van der Waals surface area contributed by atoms with Crippen LogP contribution in [-0.2, 0) is 14.3 Å². The van der Waals surface area contributed by atoms with Gasteiger partial charge in [-0.05, 0) is 45.6 Å². The lowest BCUT2D eigenvalue weighted by atomic mass is 9.84. The molecule has 4 nitrogen and oxygen atoms in total. The van der Waals surface area contributed by atoms with Gasteiger partial charge in [-0.15, -0.1) is 0 Å². The number of carbonyl (C=O) groups excluding carboxylic acids is 1. The number of carbonyl (C=O) groups is 1. The molecule has 2 fully saturated rings. The molecule has 1 saturated carbocycles. The van der Waals surface area contributed by atoms with E-state index in [1.165, 1.54) is 7.11 Å². The van der Waals surface area contributed by atoms with Crippen LogP contribution in [0, 0.1) is 5.92 Å². The van der Waals surface area contributed by atoms with Crippen molar-refractivity contribution >= 4 is 5.97 Å². The highest BCUT2D eigenvalue weighted by molar-refractivity contribution is 5.72. The minimum atomic E-state index is -0.0258. The van der Waals surface area contributed by atoms with Crippen LogP contribution in [0.15, 0.2) is 0 Å². The molecule has 1 aliphatic carbocycles. The van der Waals surface area contributed by atoms with E-state index in [1.54, 1.807) is 0 Å². The van der Waals surface area contributed by atoms with Gasteiger partial charge in [0.15, 0.2) is 0 Å². The topological polar surface area (TPSA) is 38.8 Å². The lowest BCUT2D eigenvalue weighted by molar-refractivity contribution is -0.147. The van der Waals surface area contributed by atoms with Crippen LogP contribution in [0.25, 0.3) is 0 Å². The lowest BCUT2D eigenvalue weighted by Crippen LogP contribution is -2.45. The van der Waals surface area contributed by atoms with E-state index in [4.69, 9.17) is 9.47 Å². The summed E-state index contributed by atoms with van der Waals surface area (Å²) in [6, 6.07) is 1.30. The second kappa shape index (κ2) is 6.53. The fourth-order valence-corrected chi connectivity index (χ4v) is 3.28. The Labute approximate surface area is 110 Å². The summed E-state index contributed by atoms with van der Waals surface area (Å²) in [7, 11) is 3.72. The highest BCUT2D eigenvalue weighted by Gasteiger charge is 2.31. The largest absolute Gasteiger partial charge is 0.469 e. The number of hydrogen-bond donors (Lipinski definition) is 0. The molecule has 4 heteroatoms. The Balaban J connectivity index is 1.79. The van der Waals surface area contributed by atoms with Crippen molar-refractivity contribution < 1.29 is 14.3 Å². The van der Waals surface area contributed by atoms with Gasteiger partial charge in [0.2, 0.25) is 0 Å². The summed E-state index contributed by atoms with van der Waals surface area (Å²) in [6.45, 7) is 1.79. The first-order valence-corrected chi connectivity index (χ1v) is 7.10. The van der Waals surface area contributed by atoms with Crippen LogP contribution < -0.4 is 0 Å². The number of hydrogen-bond acceptors (Lipinski definition) is 4. The van der Waals surface area contributed by atoms with Crippen molar-refractivity contribution in [3.63, 3.8) is 0 Å². The highest BCUT2D eigenvalue weighted by Crippen LogP contribution is 2.30. The molecule has 0 amide bonds. The zero-order valence-corrected chi connectivity index (χ0v) is 11.6. The standard InChI is InChI=1S/C14H25NO3/c1-15(13-7-9-18-10-8-13)12-5-3-11(4-6-12)14(16)17-2/h11-13H,3-10H2,1-2H3. The van der Waals surface area contributed by atoms with E-state index in [0.29, 0.717) is 12.1 Å². The molecule has 2 aliphatic rings. The van der Waals surface area contributed by atoms with Gasteiger partial charge in [-0.3, -0.25) is 4.79 Å². The highest BCUT2D eigenvalue weighted by atomic mass is 16.5. The van der Waals surface area contributed by atoms with E-state index in [2.05, 4.69) is 11.9 Å². The van der Waals surface area contributed by atoms with Crippen molar-refractivity contribution in [3.8, 4) is 0 Å². The molecular weight excluding hydrogens is 230 g/mol. The average Bonchev–Trinajstić information content (AvgIpc) is 2.47. The van der Waals surface area contributed by atoms with E-state index in [9.17, 15) is 4.79 Å². The molecule has 0 atom stereocenters. The van der Waals surface area contributed by atoms with Gasteiger partial charge >= 0.3 is 5.97 Å². The average molecular weight is 255 g/mol. The molecule has 104 valence electrons. The second-order valence-electron chi connectivity index (χ2n) is 5.54. The molecule has 0 aromatic carbocycles. The third kappa shape index (κ3) is 3.23. The van der Waals surface area contributed by atoms with Gasteiger partial charge in [0.05, 0.1) is 13.0 Å². The van der Waals surface area contributed by atoms with Crippen LogP contribution in [0.3, 0.4) is 0 Å². The van der Waals surface area contributed by atoms with E-state index in [1.807, 2.05) is 0 Å². The van der Waals surface area contributed by atoms with Crippen LogP contribution in [0.5, 0.6) is 0 Å². The number of methoxy groups -OCH3 is 1. The van der Waals surface area contributed by atoms with E-state index in [0.717, 1.165) is 51.7 Å². The normalized spacial score (nSPS) is 30.4. The molecule has 1 saturated heterocycles. The Morgan fingerprint density at radius 3 is 2.17 bits per heavy atom. The molecule has 0 spiro atoms. The maximum absolute atomic E-state index is 11.5. The monoisotopic (exact) mass is 255 g/mol. The van der Waals surface area contributed by atoms with Crippen molar-refractivity contribution in [1.29, 1.82) is 0 Å². The predicted molar refractivity (Wildman–Crippen MR) is 69.4 cm³/mol. The SMILES string of the molecule is COC(=O)C1CCC(N(C)C2CCOCC2)CC1. The molecule has 0 aromatic rings. The van der Waals surface area contributed by atoms with Crippen molar-refractivity contribution in [2.24, 2.45) is 5.92 Å². The summed E-state index contributed by atoms with van der Waals surface area (Å²) in [5, 5.41) is 0. The number of ether oxygens (including phenoxy) is 2. The zero-order valence-electron chi connectivity index (χ0n) is 11.6. The van der Waals surface area contributed by atoms with Gasteiger partial charge in [0, 0.05) is 25.3 Å². The van der Waals surface area contributed by atoms with Crippen molar-refractivity contribution in [2.75, 3.05) is 27.4 Å². The number of nitrogens with zero attached hydrogens (tertiary/aromatic N) is 1. The Morgan fingerprint density at radius 2 is 1.61 bits per heavy atom.